The van der Waals surface area contributed by atoms with Crippen molar-refractivity contribution < 1.29 is 4.79 Å². The third kappa shape index (κ3) is 3.83. The Bertz CT molecular complexity index is 999. The Morgan fingerprint density at radius 1 is 1.04 bits per heavy atom. The highest BCUT2D eigenvalue weighted by Crippen LogP contribution is 2.18. The molecular formula is C22H24N4O. The molecule has 1 aliphatic heterocycles. The van der Waals surface area contributed by atoms with Crippen LogP contribution >= 0.6 is 0 Å². The molecule has 0 aliphatic carbocycles. The van der Waals surface area contributed by atoms with Crippen LogP contribution in [-0.4, -0.2) is 40.4 Å². The number of nitrogens with one attached hydrogen (secondary N) is 1. The molecule has 0 radical (unpaired) electrons. The van der Waals surface area contributed by atoms with E-state index in [1.807, 2.05) is 32.0 Å². The van der Waals surface area contributed by atoms with Crippen LogP contribution in [0.2, 0.25) is 0 Å². The van der Waals surface area contributed by atoms with Crippen LogP contribution in [0.1, 0.15) is 32.9 Å². The molecule has 4 rings (SSSR count). The van der Waals surface area contributed by atoms with E-state index in [1.165, 1.54) is 11.1 Å². The van der Waals surface area contributed by atoms with E-state index in [4.69, 9.17) is 0 Å². The number of hydrogen-bond acceptors (Lipinski definition) is 4. The number of aromatic nitrogens is 2. The third-order valence-corrected chi connectivity index (χ3v) is 5.26. The zero-order valence-electron chi connectivity index (χ0n) is 15.8. The number of benzene rings is 2. The Morgan fingerprint density at radius 3 is 2.59 bits per heavy atom. The molecular weight excluding hydrogens is 336 g/mol. The van der Waals surface area contributed by atoms with Gasteiger partial charge in [0.2, 0.25) is 0 Å². The molecule has 2 heterocycles. The minimum absolute atomic E-state index is 0.0608. The van der Waals surface area contributed by atoms with Crippen molar-refractivity contribution >= 4 is 16.9 Å². The van der Waals surface area contributed by atoms with Crippen molar-refractivity contribution in [3.05, 3.63) is 70.5 Å². The van der Waals surface area contributed by atoms with Gasteiger partial charge in [0.1, 0.15) is 0 Å². The average molecular weight is 360 g/mol. The van der Waals surface area contributed by atoms with Crippen molar-refractivity contribution in [2.45, 2.75) is 26.8 Å². The monoisotopic (exact) mass is 360 g/mol. The quantitative estimate of drug-likeness (QED) is 0.777. The zero-order valence-corrected chi connectivity index (χ0v) is 15.8. The van der Waals surface area contributed by atoms with Gasteiger partial charge in [0.05, 0.1) is 22.4 Å². The summed E-state index contributed by atoms with van der Waals surface area (Å²) in [5, 5.41) is 3.03. The standard InChI is InChI=1S/C22H24N4O/c1-15-16(2)25-21-13-18(7-8-20(21)24-15)22(27)23-10-12-26-11-9-17-5-3-4-6-19(17)14-26/h3-8,13H,9-12,14H2,1-2H3,(H,23,27). The maximum absolute atomic E-state index is 12.5. The average Bonchev–Trinajstić information content (AvgIpc) is 2.68. The van der Waals surface area contributed by atoms with Crippen LogP contribution in [0.4, 0.5) is 0 Å². The number of amides is 1. The molecule has 1 amide bonds. The molecule has 1 aromatic heterocycles. The van der Waals surface area contributed by atoms with Gasteiger partial charge >= 0.3 is 0 Å². The summed E-state index contributed by atoms with van der Waals surface area (Å²) in [5.41, 5.74) is 6.87. The van der Waals surface area contributed by atoms with E-state index in [2.05, 4.69) is 44.5 Å². The lowest BCUT2D eigenvalue weighted by Crippen LogP contribution is -2.37. The van der Waals surface area contributed by atoms with Gasteiger partial charge in [0.25, 0.3) is 5.91 Å². The largest absolute Gasteiger partial charge is 0.351 e. The number of carbonyl (C=O) groups excluding carboxylic acids is 1. The lowest BCUT2D eigenvalue weighted by Gasteiger charge is -2.28. The highest BCUT2D eigenvalue weighted by molar-refractivity contribution is 5.97. The topological polar surface area (TPSA) is 58.1 Å². The first-order valence-corrected chi connectivity index (χ1v) is 9.42. The molecule has 1 N–H and O–H groups in total. The van der Waals surface area contributed by atoms with Crippen molar-refractivity contribution in [2.75, 3.05) is 19.6 Å². The van der Waals surface area contributed by atoms with Gasteiger partial charge in [-0.25, -0.2) is 9.97 Å². The maximum atomic E-state index is 12.5. The van der Waals surface area contributed by atoms with E-state index in [9.17, 15) is 4.79 Å². The minimum atomic E-state index is -0.0608. The van der Waals surface area contributed by atoms with E-state index in [0.29, 0.717) is 12.1 Å². The molecule has 0 saturated heterocycles. The number of hydrogen-bond donors (Lipinski definition) is 1. The van der Waals surface area contributed by atoms with Crippen LogP contribution in [0.5, 0.6) is 0 Å². The molecule has 0 saturated carbocycles. The van der Waals surface area contributed by atoms with Crippen LogP contribution < -0.4 is 5.32 Å². The van der Waals surface area contributed by atoms with Gasteiger partial charge in [-0.2, -0.15) is 0 Å². The van der Waals surface area contributed by atoms with Crippen molar-refractivity contribution in [1.82, 2.24) is 20.2 Å². The molecule has 0 unspecified atom stereocenters. The molecule has 0 fully saturated rings. The van der Waals surface area contributed by atoms with E-state index in [-0.39, 0.29) is 5.91 Å². The Kier molecular flexibility index (Phi) is 4.86. The van der Waals surface area contributed by atoms with Gasteiger partial charge in [-0.1, -0.05) is 24.3 Å². The second-order valence-electron chi connectivity index (χ2n) is 7.15. The van der Waals surface area contributed by atoms with E-state index in [0.717, 1.165) is 48.5 Å². The summed E-state index contributed by atoms with van der Waals surface area (Å²) in [5.74, 6) is -0.0608. The number of aryl methyl sites for hydroxylation is 2. The summed E-state index contributed by atoms with van der Waals surface area (Å²) in [6, 6.07) is 14.1. The maximum Gasteiger partial charge on any atom is 0.251 e. The van der Waals surface area contributed by atoms with Gasteiger partial charge in [-0.15, -0.1) is 0 Å². The summed E-state index contributed by atoms with van der Waals surface area (Å²) in [7, 11) is 0. The molecule has 0 bridgehead atoms. The predicted octanol–water partition coefficient (Wildman–Crippen LogP) is 3.03. The second kappa shape index (κ2) is 7.45. The SMILES string of the molecule is Cc1nc2ccc(C(=O)NCCN3CCc4ccccc4C3)cc2nc1C. The number of rotatable bonds is 4. The molecule has 5 heteroatoms. The number of fused-ring (bicyclic) bond motifs is 2. The van der Waals surface area contributed by atoms with Gasteiger partial charge in [0.15, 0.2) is 0 Å². The Labute approximate surface area is 159 Å². The number of nitrogens with zero attached hydrogens (tertiary/aromatic N) is 3. The van der Waals surface area contributed by atoms with Crippen molar-refractivity contribution in [2.24, 2.45) is 0 Å². The fraction of sp³-hybridized carbons (Fsp3) is 0.318. The molecule has 5 nitrogen and oxygen atoms in total. The molecule has 138 valence electrons. The smallest absolute Gasteiger partial charge is 0.251 e. The predicted molar refractivity (Wildman–Crippen MR) is 107 cm³/mol. The summed E-state index contributed by atoms with van der Waals surface area (Å²) in [6.07, 6.45) is 1.08. The van der Waals surface area contributed by atoms with Crippen LogP contribution in [0.25, 0.3) is 11.0 Å². The minimum Gasteiger partial charge on any atom is -0.351 e. The van der Waals surface area contributed by atoms with Gasteiger partial charge in [0, 0.05) is 31.7 Å². The first-order valence-electron chi connectivity index (χ1n) is 9.42. The lowest BCUT2D eigenvalue weighted by molar-refractivity contribution is 0.0947. The zero-order chi connectivity index (χ0) is 18.8. The Hall–Kier alpha value is -2.79. The van der Waals surface area contributed by atoms with Crippen molar-refractivity contribution in [1.29, 1.82) is 0 Å². The molecule has 27 heavy (non-hydrogen) atoms. The highest BCUT2D eigenvalue weighted by atomic mass is 16.1. The van der Waals surface area contributed by atoms with Crippen molar-refractivity contribution in [3.8, 4) is 0 Å². The van der Waals surface area contributed by atoms with E-state index in [1.54, 1.807) is 0 Å². The van der Waals surface area contributed by atoms with Crippen LogP contribution in [0, 0.1) is 13.8 Å². The van der Waals surface area contributed by atoms with Crippen LogP contribution in [0.3, 0.4) is 0 Å². The normalized spacial score (nSPS) is 14.1. The summed E-state index contributed by atoms with van der Waals surface area (Å²) in [4.78, 5) is 24.0. The van der Waals surface area contributed by atoms with E-state index < -0.39 is 0 Å². The van der Waals surface area contributed by atoms with E-state index >= 15 is 0 Å². The summed E-state index contributed by atoms with van der Waals surface area (Å²) < 4.78 is 0. The van der Waals surface area contributed by atoms with Crippen LogP contribution in [-0.2, 0) is 13.0 Å². The van der Waals surface area contributed by atoms with Crippen molar-refractivity contribution in [3.63, 3.8) is 0 Å². The van der Waals surface area contributed by atoms with Gasteiger partial charge in [-0.3, -0.25) is 9.69 Å². The molecule has 2 aromatic carbocycles. The van der Waals surface area contributed by atoms with Gasteiger partial charge in [-0.05, 0) is 49.6 Å². The fourth-order valence-electron chi connectivity index (χ4n) is 3.55. The lowest BCUT2D eigenvalue weighted by atomic mass is 10.00. The fourth-order valence-corrected chi connectivity index (χ4v) is 3.55. The van der Waals surface area contributed by atoms with Crippen LogP contribution in [0.15, 0.2) is 42.5 Å². The molecule has 1 aliphatic rings. The third-order valence-electron chi connectivity index (χ3n) is 5.26. The second-order valence-corrected chi connectivity index (χ2v) is 7.15. The first-order chi connectivity index (χ1) is 13.1. The Balaban J connectivity index is 1.36. The summed E-state index contributed by atoms with van der Waals surface area (Å²) >= 11 is 0. The Morgan fingerprint density at radius 2 is 1.78 bits per heavy atom. The molecule has 0 atom stereocenters. The van der Waals surface area contributed by atoms with Gasteiger partial charge < -0.3 is 5.32 Å². The highest BCUT2D eigenvalue weighted by Gasteiger charge is 2.15. The summed E-state index contributed by atoms with van der Waals surface area (Å²) in [6.45, 7) is 7.36. The number of carbonyl (C=O) groups is 1. The first kappa shape index (κ1) is 17.6. The molecule has 3 aromatic rings. The molecule has 0 spiro atoms.